The molecule has 0 fully saturated rings. The molecule has 1 N–H and O–H groups in total. The molecule has 1 aromatic carbocycles. The van der Waals surface area contributed by atoms with Crippen molar-refractivity contribution < 1.29 is 4.39 Å². The summed E-state index contributed by atoms with van der Waals surface area (Å²) in [4.78, 5) is 16.7. The van der Waals surface area contributed by atoms with E-state index in [9.17, 15) is 4.39 Å². The normalized spacial score (nSPS) is 11.4. The lowest BCUT2D eigenvalue weighted by Gasteiger charge is -2.11. The molecule has 0 saturated heterocycles. The van der Waals surface area contributed by atoms with Crippen LogP contribution >= 0.6 is 11.3 Å². The highest BCUT2D eigenvalue weighted by molar-refractivity contribution is 7.15. The number of rotatable bonds is 6. The summed E-state index contributed by atoms with van der Waals surface area (Å²) in [6.07, 6.45) is 3.71. The molecular weight excluding hydrogens is 363 g/mol. The van der Waals surface area contributed by atoms with Gasteiger partial charge in [-0.1, -0.05) is 0 Å². The summed E-state index contributed by atoms with van der Waals surface area (Å²) in [5.74, 6) is 0.306. The summed E-state index contributed by atoms with van der Waals surface area (Å²) in [6, 6.07) is 8.23. The minimum absolute atomic E-state index is 0.268. The zero-order valence-electron chi connectivity index (χ0n) is 15.1. The van der Waals surface area contributed by atoms with Crippen LogP contribution in [-0.2, 0) is 0 Å². The van der Waals surface area contributed by atoms with E-state index in [4.69, 9.17) is 4.98 Å². The molecule has 8 heteroatoms. The van der Waals surface area contributed by atoms with E-state index in [2.05, 4.69) is 20.2 Å². The summed E-state index contributed by atoms with van der Waals surface area (Å²) in [5, 5.41) is 5.23. The van der Waals surface area contributed by atoms with Gasteiger partial charge in [-0.15, -0.1) is 11.3 Å². The summed E-state index contributed by atoms with van der Waals surface area (Å²) in [6.45, 7) is 1.64. The topological polar surface area (TPSA) is 58.3 Å². The number of likely N-dealkylation sites (N-methyl/N-ethyl adjacent to an activating group) is 1. The first-order chi connectivity index (χ1) is 13.1. The Balaban J connectivity index is 1.75. The van der Waals surface area contributed by atoms with Crippen LogP contribution in [-0.4, -0.2) is 51.4 Å². The van der Waals surface area contributed by atoms with E-state index in [1.807, 2.05) is 36.1 Å². The van der Waals surface area contributed by atoms with E-state index in [-0.39, 0.29) is 5.82 Å². The summed E-state index contributed by atoms with van der Waals surface area (Å²) >= 11 is 1.55. The molecule has 27 heavy (non-hydrogen) atoms. The second-order valence-corrected chi connectivity index (χ2v) is 7.24. The van der Waals surface area contributed by atoms with Gasteiger partial charge in [0.05, 0.1) is 11.4 Å². The molecule has 0 aliphatic heterocycles. The Kier molecular flexibility index (Phi) is 4.83. The number of anilines is 1. The lowest BCUT2D eigenvalue weighted by molar-refractivity contribution is 0.425. The van der Waals surface area contributed by atoms with Gasteiger partial charge in [0.2, 0.25) is 5.95 Å². The molecule has 4 aromatic rings. The monoisotopic (exact) mass is 382 g/mol. The van der Waals surface area contributed by atoms with Crippen molar-refractivity contribution in [2.75, 3.05) is 32.5 Å². The van der Waals surface area contributed by atoms with E-state index in [1.165, 1.54) is 12.1 Å². The summed E-state index contributed by atoms with van der Waals surface area (Å²) in [5.41, 5.74) is 3.27. The third-order valence-corrected chi connectivity index (χ3v) is 4.88. The van der Waals surface area contributed by atoms with E-state index < -0.39 is 0 Å². The van der Waals surface area contributed by atoms with Gasteiger partial charge >= 0.3 is 0 Å². The van der Waals surface area contributed by atoms with Crippen molar-refractivity contribution in [1.29, 1.82) is 0 Å². The van der Waals surface area contributed by atoms with Crippen molar-refractivity contribution in [2.45, 2.75) is 0 Å². The molecule has 0 spiro atoms. The van der Waals surface area contributed by atoms with Gasteiger partial charge < -0.3 is 10.2 Å². The van der Waals surface area contributed by atoms with Gasteiger partial charge in [-0.25, -0.2) is 19.3 Å². The standard InChI is InChI=1S/C19H19FN6S/c1-25(2)10-9-22-18-21-8-7-15(23-18)17-16(13-3-5-14(20)6-4-13)24-19-26(17)11-12-27-19/h3-8,11-12H,9-10H2,1-2H3,(H,21,22,23). The number of benzene rings is 1. The van der Waals surface area contributed by atoms with Crippen LogP contribution in [0, 0.1) is 5.82 Å². The van der Waals surface area contributed by atoms with Gasteiger partial charge in [-0.3, -0.25) is 4.40 Å². The lowest BCUT2D eigenvalue weighted by Crippen LogP contribution is -2.21. The average Bonchev–Trinajstić information content (AvgIpc) is 3.23. The van der Waals surface area contributed by atoms with Gasteiger partial charge in [-0.2, -0.15) is 0 Å². The van der Waals surface area contributed by atoms with E-state index in [1.54, 1.807) is 29.7 Å². The van der Waals surface area contributed by atoms with Crippen molar-refractivity contribution in [3.63, 3.8) is 0 Å². The molecule has 0 atom stereocenters. The number of fused-ring (bicyclic) bond motifs is 1. The Labute approximate surface area is 160 Å². The van der Waals surface area contributed by atoms with Crippen LogP contribution in [0.2, 0.25) is 0 Å². The number of aromatic nitrogens is 4. The number of thiazole rings is 1. The fourth-order valence-electron chi connectivity index (χ4n) is 2.81. The van der Waals surface area contributed by atoms with Crippen LogP contribution in [0.3, 0.4) is 0 Å². The van der Waals surface area contributed by atoms with Crippen molar-refractivity contribution in [3.8, 4) is 22.6 Å². The second-order valence-electron chi connectivity index (χ2n) is 6.37. The summed E-state index contributed by atoms with van der Waals surface area (Å²) in [7, 11) is 4.04. The molecule has 0 saturated carbocycles. The van der Waals surface area contributed by atoms with Gasteiger partial charge in [0.1, 0.15) is 11.5 Å². The fourth-order valence-corrected chi connectivity index (χ4v) is 3.52. The molecule has 0 unspecified atom stereocenters. The highest BCUT2D eigenvalue weighted by atomic mass is 32.1. The van der Waals surface area contributed by atoms with Crippen molar-refractivity contribution in [3.05, 3.63) is 53.9 Å². The van der Waals surface area contributed by atoms with Crippen LogP contribution in [0.15, 0.2) is 48.1 Å². The Morgan fingerprint density at radius 1 is 1.15 bits per heavy atom. The molecule has 3 heterocycles. The smallest absolute Gasteiger partial charge is 0.223 e. The van der Waals surface area contributed by atoms with Gasteiger partial charge in [0.15, 0.2) is 4.96 Å². The summed E-state index contributed by atoms with van der Waals surface area (Å²) < 4.78 is 15.4. The van der Waals surface area contributed by atoms with Crippen LogP contribution in [0.4, 0.5) is 10.3 Å². The molecule has 3 aromatic heterocycles. The maximum absolute atomic E-state index is 13.3. The first-order valence-corrected chi connectivity index (χ1v) is 9.43. The van der Waals surface area contributed by atoms with Crippen LogP contribution < -0.4 is 5.32 Å². The third kappa shape index (κ3) is 3.67. The largest absolute Gasteiger partial charge is 0.353 e. The lowest BCUT2D eigenvalue weighted by atomic mass is 10.1. The number of hydrogen-bond donors (Lipinski definition) is 1. The molecule has 0 aliphatic carbocycles. The van der Waals surface area contributed by atoms with Gasteiger partial charge in [-0.05, 0) is 44.4 Å². The van der Waals surface area contributed by atoms with E-state index in [0.717, 1.165) is 40.7 Å². The van der Waals surface area contributed by atoms with Crippen LogP contribution in [0.25, 0.3) is 27.6 Å². The Morgan fingerprint density at radius 3 is 2.74 bits per heavy atom. The zero-order chi connectivity index (χ0) is 18.8. The predicted molar refractivity (Wildman–Crippen MR) is 107 cm³/mol. The maximum atomic E-state index is 13.3. The number of nitrogens with one attached hydrogen (secondary N) is 1. The molecule has 0 radical (unpaired) electrons. The third-order valence-electron chi connectivity index (χ3n) is 4.12. The first kappa shape index (κ1) is 17.6. The van der Waals surface area contributed by atoms with Gasteiger partial charge in [0.25, 0.3) is 0 Å². The van der Waals surface area contributed by atoms with Crippen molar-refractivity contribution in [2.24, 2.45) is 0 Å². The molecule has 0 bridgehead atoms. The fraction of sp³-hybridized carbons (Fsp3) is 0.211. The number of halogens is 1. The average molecular weight is 382 g/mol. The Bertz CT molecular complexity index is 1050. The van der Waals surface area contributed by atoms with E-state index >= 15 is 0 Å². The predicted octanol–water partition coefficient (Wildman–Crippen LogP) is 3.63. The second kappa shape index (κ2) is 7.42. The Hall–Kier alpha value is -2.84. The molecule has 6 nitrogen and oxygen atoms in total. The highest BCUT2D eigenvalue weighted by Crippen LogP contribution is 2.33. The molecule has 0 amide bonds. The molecule has 4 rings (SSSR count). The highest BCUT2D eigenvalue weighted by Gasteiger charge is 2.18. The first-order valence-electron chi connectivity index (χ1n) is 8.55. The van der Waals surface area contributed by atoms with Crippen LogP contribution in [0.5, 0.6) is 0 Å². The number of imidazole rings is 1. The molecule has 138 valence electrons. The van der Waals surface area contributed by atoms with Crippen LogP contribution in [0.1, 0.15) is 0 Å². The number of nitrogens with zero attached hydrogens (tertiary/aromatic N) is 5. The SMILES string of the molecule is CN(C)CCNc1nccc(-c2c(-c3ccc(F)cc3)nc3sccn23)n1. The molecule has 0 aliphatic rings. The Morgan fingerprint density at radius 2 is 1.96 bits per heavy atom. The van der Waals surface area contributed by atoms with Crippen molar-refractivity contribution in [1.82, 2.24) is 24.3 Å². The quantitative estimate of drug-likeness (QED) is 0.552. The van der Waals surface area contributed by atoms with E-state index in [0.29, 0.717) is 5.95 Å². The number of hydrogen-bond acceptors (Lipinski definition) is 6. The minimum Gasteiger partial charge on any atom is -0.353 e. The molecular formula is C19H19FN6S. The zero-order valence-corrected chi connectivity index (χ0v) is 15.9. The maximum Gasteiger partial charge on any atom is 0.223 e. The van der Waals surface area contributed by atoms with Gasteiger partial charge in [0, 0.05) is 36.4 Å². The minimum atomic E-state index is -0.268. The van der Waals surface area contributed by atoms with Crippen molar-refractivity contribution >= 4 is 22.2 Å².